The summed E-state index contributed by atoms with van der Waals surface area (Å²) < 4.78 is 12.1. The summed E-state index contributed by atoms with van der Waals surface area (Å²) in [5.74, 6) is -0.875. The van der Waals surface area contributed by atoms with Crippen molar-refractivity contribution in [3.63, 3.8) is 0 Å². The second-order valence-corrected chi connectivity index (χ2v) is 1.45. The molecule has 0 unspecified atom stereocenters. The van der Waals surface area contributed by atoms with E-state index < -0.39 is 5.82 Å². The van der Waals surface area contributed by atoms with Gasteiger partial charge in [0.2, 0.25) is 0 Å². The molecule has 0 radical (unpaired) electrons. The molecule has 0 saturated heterocycles. The average molecular weight is 272 g/mol. The molecule has 0 spiro atoms. The van der Waals surface area contributed by atoms with Gasteiger partial charge in [-0.1, -0.05) is 12.1 Å². The molecule has 0 aliphatic rings. The first-order valence-corrected chi connectivity index (χ1v) is 7.64. The Bertz CT molecular complexity index is 172. The summed E-state index contributed by atoms with van der Waals surface area (Å²) in [6.45, 7) is 0. The molecule has 1 rings (SSSR count). The Labute approximate surface area is 73.8 Å². The number of rotatable bonds is 0. The maximum atomic E-state index is 12.1. The predicted molar refractivity (Wildman–Crippen MR) is 42.4 cm³/mol. The normalized spacial score (nSPS) is 7.90. The Hall–Kier alpha value is -0.0110. The number of halogens is 1. The average Bonchev–Trinajstić information content (AvgIpc) is 2.00. The van der Waals surface area contributed by atoms with Crippen LogP contribution in [0.5, 0.6) is 5.75 Å². The maximum absolute atomic E-state index is 12.1. The van der Waals surface area contributed by atoms with Crippen molar-refractivity contribution in [3.05, 3.63) is 30.1 Å². The molecular formula is C6H7FOSe2. The fourth-order valence-corrected chi connectivity index (χ4v) is 0.452. The van der Waals surface area contributed by atoms with Crippen molar-refractivity contribution >= 4 is 28.4 Å². The summed E-state index contributed by atoms with van der Waals surface area (Å²) in [5.41, 5.74) is 0. The van der Waals surface area contributed by atoms with Crippen LogP contribution in [0.2, 0.25) is 0 Å². The zero-order valence-corrected chi connectivity index (χ0v) is 8.78. The molecule has 0 fully saturated rings. The van der Waals surface area contributed by atoms with E-state index in [9.17, 15) is 4.39 Å². The van der Waals surface area contributed by atoms with Gasteiger partial charge in [-0.3, -0.25) is 0 Å². The van der Waals surface area contributed by atoms with Gasteiger partial charge < -0.3 is 5.11 Å². The second-order valence-electron chi connectivity index (χ2n) is 1.45. The molecule has 10 heavy (non-hydrogen) atoms. The fraction of sp³-hybridized carbons (Fsp3) is 0. The van der Waals surface area contributed by atoms with E-state index in [0.29, 0.717) is 0 Å². The van der Waals surface area contributed by atoms with Crippen molar-refractivity contribution in [1.82, 2.24) is 0 Å². The molecular weight excluding hydrogens is 265 g/mol. The summed E-state index contributed by atoms with van der Waals surface area (Å²) in [6.07, 6.45) is 0. The number of para-hydroxylation sites is 1. The summed E-state index contributed by atoms with van der Waals surface area (Å²) in [7, 11) is 0. The third kappa shape index (κ3) is 3.23. The molecule has 0 amide bonds. The van der Waals surface area contributed by atoms with Crippen LogP contribution >= 0.6 is 0 Å². The van der Waals surface area contributed by atoms with Crippen molar-refractivity contribution in [2.24, 2.45) is 0 Å². The number of hydrogen-bond donors (Lipinski definition) is 1. The molecule has 1 nitrogen and oxygen atoms in total. The zero-order valence-electron chi connectivity index (χ0n) is 5.03. The molecule has 4 heteroatoms. The van der Waals surface area contributed by atoms with Crippen molar-refractivity contribution < 1.29 is 9.50 Å². The minimum absolute atomic E-state index is 0.299. The minimum atomic E-state index is -0.576. The molecule has 1 N–H and O–H groups in total. The van der Waals surface area contributed by atoms with Crippen LogP contribution in [0.1, 0.15) is 0 Å². The van der Waals surface area contributed by atoms with Crippen molar-refractivity contribution in [2.75, 3.05) is 0 Å². The van der Waals surface area contributed by atoms with E-state index in [0.717, 1.165) is 0 Å². The number of benzene rings is 1. The van der Waals surface area contributed by atoms with Gasteiger partial charge in [0.05, 0.1) is 0 Å². The number of hydrogen-bond acceptors (Lipinski definition) is 1. The Morgan fingerprint density at radius 3 is 2.00 bits per heavy atom. The Balaban J connectivity index is 0.000000371. The van der Waals surface area contributed by atoms with Gasteiger partial charge in [0.15, 0.2) is 11.6 Å². The number of phenols is 1. The third-order valence-electron chi connectivity index (χ3n) is 0.852. The van der Waals surface area contributed by atoms with E-state index in [1.165, 1.54) is 18.2 Å². The molecule has 0 heterocycles. The van der Waals surface area contributed by atoms with Gasteiger partial charge >= 0.3 is 28.4 Å². The van der Waals surface area contributed by atoms with Gasteiger partial charge in [0, 0.05) is 0 Å². The molecule has 56 valence electrons. The molecule has 0 saturated carbocycles. The van der Waals surface area contributed by atoms with Crippen LogP contribution < -0.4 is 0 Å². The standard InChI is InChI=1S/C6H5FO.H2Se2/c7-5-3-1-2-4-6(5)8;1-2/h1-4,8H;1-2H. The molecule has 1 aromatic carbocycles. The van der Waals surface area contributed by atoms with Crippen molar-refractivity contribution in [2.45, 2.75) is 0 Å². The van der Waals surface area contributed by atoms with Crippen LogP contribution in [0, 0.1) is 5.82 Å². The molecule has 0 bridgehead atoms. The summed E-state index contributed by atoms with van der Waals surface area (Å²) in [5, 5.41) is 8.54. The number of aromatic hydroxyl groups is 1. The van der Waals surface area contributed by atoms with Crippen LogP contribution in [0.15, 0.2) is 24.3 Å². The van der Waals surface area contributed by atoms with Crippen LogP contribution in [-0.2, 0) is 0 Å². The summed E-state index contributed by atoms with van der Waals surface area (Å²) >= 11 is 4.50. The number of phenolic OH excluding ortho intramolecular Hbond substituents is 1. The van der Waals surface area contributed by atoms with Gasteiger partial charge in [-0.2, -0.15) is 0 Å². The third-order valence-corrected chi connectivity index (χ3v) is 0.852. The fourth-order valence-electron chi connectivity index (χ4n) is 0.452. The Morgan fingerprint density at radius 2 is 1.70 bits per heavy atom. The van der Waals surface area contributed by atoms with Gasteiger partial charge in [-0.15, -0.1) is 0 Å². The van der Waals surface area contributed by atoms with Crippen LogP contribution in [0.3, 0.4) is 0 Å². The van der Waals surface area contributed by atoms with Crippen LogP contribution in [0.25, 0.3) is 0 Å². The van der Waals surface area contributed by atoms with Crippen LogP contribution in [-0.4, -0.2) is 33.5 Å². The first-order chi connectivity index (χ1) is 4.80. The van der Waals surface area contributed by atoms with Gasteiger partial charge in [0.1, 0.15) is 0 Å². The zero-order chi connectivity index (χ0) is 7.98. The molecule has 0 atom stereocenters. The molecule has 0 aliphatic heterocycles. The second kappa shape index (κ2) is 5.75. The van der Waals surface area contributed by atoms with E-state index in [2.05, 4.69) is 28.4 Å². The summed E-state index contributed by atoms with van der Waals surface area (Å²) in [6, 6.07) is 5.60. The van der Waals surface area contributed by atoms with E-state index >= 15 is 0 Å². The van der Waals surface area contributed by atoms with E-state index in [1.807, 2.05) is 0 Å². The van der Waals surface area contributed by atoms with Gasteiger partial charge in [-0.25, -0.2) is 4.39 Å². The monoisotopic (exact) mass is 274 g/mol. The Morgan fingerprint density at radius 1 is 1.20 bits per heavy atom. The molecule has 1 aromatic rings. The van der Waals surface area contributed by atoms with E-state index in [4.69, 9.17) is 5.11 Å². The van der Waals surface area contributed by atoms with Crippen molar-refractivity contribution in [1.29, 1.82) is 0 Å². The quantitative estimate of drug-likeness (QED) is 0.670. The topological polar surface area (TPSA) is 20.2 Å². The van der Waals surface area contributed by atoms with E-state index in [-0.39, 0.29) is 5.75 Å². The molecule has 0 aliphatic carbocycles. The first-order valence-electron chi connectivity index (χ1n) is 2.44. The first kappa shape index (κ1) is 9.99. The predicted octanol–water partition coefficient (Wildman–Crippen LogP) is 0.234. The van der Waals surface area contributed by atoms with E-state index in [1.54, 1.807) is 6.07 Å². The van der Waals surface area contributed by atoms with Crippen molar-refractivity contribution in [3.8, 4) is 5.75 Å². The Kier molecular flexibility index (Phi) is 5.74. The van der Waals surface area contributed by atoms with Gasteiger partial charge in [-0.05, 0) is 12.1 Å². The SMILES string of the molecule is Oc1ccccc1F.[SeH][SeH]. The van der Waals surface area contributed by atoms with Gasteiger partial charge in [0.25, 0.3) is 0 Å². The van der Waals surface area contributed by atoms with Crippen LogP contribution in [0.4, 0.5) is 4.39 Å². The summed E-state index contributed by atoms with van der Waals surface area (Å²) in [4.78, 5) is 0. The molecule has 0 aromatic heterocycles.